The van der Waals surface area contributed by atoms with E-state index in [1.165, 1.54) is 0 Å². The second-order valence-corrected chi connectivity index (χ2v) is 4.25. The fraction of sp³-hybridized carbons (Fsp3) is 0.286. The monoisotopic (exact) mass is 244 g/mol. The van der Waals surface area contributed by atoms with Gasteiger partial charge in [-0.25, -0.2) is 9.97 Å². The smallest absolute Gasteiger partial charge is 0.0932 e. The Kier molecular flexibility index (Phi) is 3.69. The van der Waals surface area contributed by atoms with E-state index in [1.807, 2.05) is 24.3 Å². The van der Waals surface area contributed by atoms with Crippen LogP contribution in [0.25, 0.3) is 11.4 Å². The number of hydrogen-bond donors (Lipinski definition) is 2. The van der Waals surface area contributed by atoms with Crippen LogP contribution in [0.2, 0.25) is 0 Å². The van der Waals surface area contributed by atoms with Gasteiger partial charge in [-0.15, -0.1) is 0 Å². The third-order valence-corrected chi connectivity index (χ3v) is 2.66. The van der Waals surface area contributed by atoms with Gasteiger partial charge < -0.3 is 10.2 Å². The van der Waals surface area contributed by atoms with Crippen LogP contribution in [0.1, 0.15) is 37.4 Å². The summed E-state index contributed by atoms with van der Waals surface area (Å²) in [5.74, 6) is 0. The predicted octanol–water partition coefficient (Wildman–Crippen LogP) is 2.25. The Bertz CT molecular complexity index is 489. The molecule has 2 aromatic rings. The third kappa shape index (κ3) is 2.72. The standard InChI is InChI=1S/C14H16N2O2/c1-9(17)11-5-3-7-13(15-11)14-8-4-6-12(16-14)10(2)18/h3-10,17-18H,1-2H3. The number of aromatic nitrogens is 2. The van der Waals surface area contributed by atoms with Crippen LogP contribution in [0.15, 0.2) is 36.4 Å². The summed E-state index contributed by atoms with van der Waals surface area (Å²) in [6.07, 6.45) is -1.21. The largest absolute Gasteiger partial charge is 0.387 e. The molecule has 2 heterocycles. The number of rotatable bonds is 3. The van der Waals surface area contributed by atoms with Crippen molar-refractivity contribution in [2.24, 2.45) is 0 Å². The van der Waals surface area contributed by atoms with Gasteiger partial charge in [-0.1, -0.05) is 12.1 Å². The van der Waals surface area contributed by atoms with E-state index < -0.39 is 12.2 Å². The molecule has 0 aliphatic carbocycles. The highest BCUT2D eigenvalue weighted by atomic mass is 16.3. The maximum atomic E-state index is 9.51. The van der Waals surface area contributed by atoms with Crippen molar-refractivity contribution in [3.05, 3.63) is 47.8 Å². The number of hydrogen-bond acceptors (Lipinski definition) is 4. The van der Waals surface area contributed by atoms with E-state index in [-0.39, 0.29) is 0 Å². The van der Waals surface area contributed by atoms with Gasteiger partial charge in [-0.2, -0.15) is 0 Å². The van der Waals surface area contributed by atoms with Gasteiger partial charge in [0.1, 0.15) is 0 Å². The van der Waals surface area contributed by atoms with Crippen molar-refractivity contribution < 1.29 is 10.2 Å². The Labute approximate surface area is 106 Å². The lowest BCUT2D eigenvalue weighted by atomic mass is 10.1. The summed E-state index contributed by atoms with van der Waals surface area (Å²) < 4.78 is 0. The summed E-state index contributed by atoms with van der Waals surface area (Å²) in [5.41, 5.74) is 2.60. The fourth-order valence-electron chi connectivity index (χ4n) is 1.65. The molecule has 2 atom stereocenters. The van der Waals surface area contributed by atoms with Crippen LogP contribution >= 0.6 is 0 Å². The minimum atomic E-state index is -0.607. The maximum Gasteiger partial charge on any atom is 0.0932 e. The van der Waals surface area contributed by atoms with Gasteiger partial charge in [0.2, 0.25) is 0 Å². The average Bonchev–Trinajstić information content (AvgIpc) is 2.39. The molecule has 4 heteroatoms. The van der Waals surface area contributed by atoms with Gasteiger partial charge in [0.05, 0.1) is 35.0 Å². The number of aliphatic hydroxyl groups is 2. The maximum absolute atomic E-state index is 9.51. The Morgan fingerprint density at radius 3 is 1.50 bits per heavy atom. The molecule has 0 spiro atoms. The van der Waals surface area contributed by atoms with E-state index in [9.17, 15) is 10.2 Å². The van der Waals surface area contributed by atoms with Crippen LogP contribution in [0.3, 0.4) is 0 Å². The molecule has 0 saturated heterocycles. The Morgan fingerprint density at radius 1 is 0.778 bits per heavy atom. The summed E-state index contributed by atoms with van der Waals surface area (Å²) in [6.45, 7) is 3.34. The molecule has 18 heavy (non-hydrogen) atoms. The van der Waals surface area contributed by atoms with Crippen molar-refractivity contribution in [2.75, 3.05) is 0 Å². The summed E-state index contributed by atoms with van der Waals surface area (Å²) >= 11 is 0. The first-order valence-corrected chi connectivity index (χ1v) is 5.88. The van der Waals surface area contributed by atoms with E-state index in [1.54, 1.807) is 26.0 Å². The zero-order valence-corrected chi connectivity index (χ0v) is 10.4. The van der Waals surface area contributed by atoms with Gasteiger partial charge in [-0.3, -0.25) is 0 Å². The topological polar surface area (TPSA) is 66.2 Å². The molecule has 0 aromatic carbocycles. The fourth-order valence-corrected chi connectivity index (χ4v) is 1.65. The molecule has 0 amide bonds. The number of nitrogens with zero attached hydrogens (tertiary/aromatic N) is 2. The van der Waals surface area contributed by atoms with Crippen LogP contribution in [0.5, 0.6) is 0 Å². The molecule has 2 rings (SSSR count). The summed E-state index contributed by atoms with van der Waals surface area (Å²) in [7, 11) is 0. The molecule has 0 saturated carbocycles. The van der Waals surface area contributed by atoms with Gasteiger partial charge in [-0.05, 0) is 38.1 Å². The molecule has 4 nitrogen and oxygen atoms in total. The first kappa shape index (κ1) is 12.7. The lowest BCUT2D eigenvalue weighted by molar-refractivity contribution is 0.193. The lowest BCUT2D eigenvalue weighted by Crippen LogP contribution is -2.00. The molecular formula is C14H16N2O2. The van der Waals surface area contributed by atoms with Crippen molar-refractivity contribution in [1.29, 1.82) is 0 Å². The molecule has 2 N–H and O–H groups in total. The third-order valence-electron chi connectivity index (χ3n) is 2.66. The normalized spacial score (nSPS) is 14.2. The lowest BCUT2D eigenvalue weighted by Gasteiger charge is -2.08. The molecule has 0 radical (unpaired) electrons. The van der Waals surface area contributed by atoms with E-state index in [2.05, 4.69) is 9.97 Å². The average molecular weight is 244 g/mol. The molecule has 0 aliphatic heterocycles. The predicted molar refractivity (Wildman–Crippen MR) is 68.7 cm³/mol. The Morgan fingerprint density at radius 2 is 1.17 bits per heavy atom. The van der Waals surface area contributed by atoms with E-state index in [4.69, 9.17) is 0 Å². The van der Waals surface area contributed by atoms with Crippen LogP contribution in [-0.2, 0) is 0 Å². The van der Waals surface area contributed by atoms with Crippen LogP contribution in [0.4, 0.5) is 0 Å². The van der Waals surface area contributed by atoms with Gasteiger partial charge in [0, 0.05) is 0 Å². The second kappa shape index (κ2) is 5.25. The van der Waals surface area contributed by atoms with E-state index >= 15 is 0 Å². The first-order valence-electron chi connectivity index (χ1n) is 5.88. The van der Waals surface area contributed by atoms with Crippen molar-refractivity contribution in [2.45, 2.75) is 26.1 Å². The number of pyridine rings is 2. The summed E-state index contributed by atoms with van der Waals surface area (Å²) in [5, 5.41) is 19.0. The van der Waals surface area contributed by atoms with Crippen molar-refractivity contribution in [3.8, 4) is 11.4 Å². The van der Waals surface area contributed by atoms with Crippen LogP contribution in [0, 0.1) is 0 Å². The quantitative estimate of drug-likeness (QED) is 0.869. The SMILES string of the molecule is CC(O)c1cccc(-c2cccc(C(C)O)n2)n1. The minimum absolute atomic E-state index is 0.607. The second-order valence-electron chi connectivity index (χ2n) is 4.25. The van der Waals surface area contributed by atoms with Crippen molar-refractivity contribution >= 4 is 0 Å². The Balaban J connectivity index is 2.42. The highest BCUT2D eigenvalue weighted by Crippen LogP contribution is 2.19. The van der Waals surface area contributed by atoms with E-state index in [0.717, 1.165) is 0 Å². The van der Waals surface area contributed by atoms with Crippen molar-refractivity contribution in [1.82, 2.24) is 9.97 Å². The molecular weight excluding hydrogens is 228 g/mol. The number of aliphatic hydroxyl groups excluding tert-OH is 2. The molecule has 0 bridgehead atoms. The zero-order valence-electron chi connectivity index (χ0n) is 10.4. The van der Waals surface area contributed by atoms with Crippen LogP contribution < -0.4 is 0 Å². The summed E-state index contributed by atoms with van der Waals surface area (Å²) in [4.78, 5) is 8.70. The van der Waals surface area contributed by atoms with Gasteiger partial charge in [0.15, 0.2) is 0 Å². The highest BCUT2D eigenvalue weighted by Gasteiger charge is 2.08. The molecule has 2 aromatic heterocycles. The van der Waals surface area contributed by atoms with E-state index in [0.29, 0.717) is 22.8 Å². The molecule has 94 valence electrons. The highest BCUT2D eigenvalue weighted by molar-refractivity contribution is 5.54. The van der Waals surface area contributed by atoms with Crippen molar-refractivity contribution in [3.63, 3.8) is 0 Å². The molecule has 2 unspecified atom stereocenters. The first-order chi connectivity index (χ1) is 8.58. The molecule has 0 aliphatic rings. The zero-order chi connectivity index (χ0) is 13.1. The summed E-state index contributed by atoms with van der Waals surface area (Å²) in [6, 6.07) is 10.9. The molecule has 0 fully saturated rings. The Hall–Kier alpha value is -1.78. The minimum Gasteiger partial charge on any atom is -0.387 e. The van der Waals surface area contributed by atoms with Crippen LogP contribution in [-0.4, -0.2) is 20.2 Å². The van der Waals surface area contributed by atoms with Gasteiger partial charge >= 0.3 is 0 Å². The van der Waals surface area contributed by atoms with Gasteiger partial charge in [0.25, 0.3) is 0 Å².